The molecule has 1 aliphatic rings. The van der Waals surface area contributed by atoms with Gasteiger partial charge in [-0.3, -0.25) is 4.79 Å². The molecule has 0 fully saturated rings. The van der Waals surface area contributed by atoms with Crippen molar-refractivity contribution in [2.45, 2.75) is 117 Å². The van der Waals surface area contributed by atoms with Crippen LogP contribution in [0.3, 0.4) is 0 Å². The molecule has 1 amide bonds. The van der Waals surface area contributed by atoms with Gasteiger partial charge in [-0.05, 0) is 53.1 Å². The number of amides is 1. The van der Waals surface area contributed by atoms with Gasteiger partial charge in [-0.25, -0.2) is 0 Å². The molecule has 1 heterocycles. The summed E-state index contributed by atoms with van der Waals surface area (Å²) in [5.41, 5.74) is 3.71. The molecule has 0 radical (unpaired) electrons. The van der Waals surface area contributed by atoms with Gasteiger partial charge in [0, 0.05) is 29.6 Å². The van der Waals surface area contributed by atoms with Gasteiger partial charge in [0.1, 0.15) is 5.75 Å². The maximum absolute atomic E-state index is 13.0. The van der Waals surface area contributed by atoms with E-state index in [1.165, 1.54) is 76.2 Å². The summed E-state index contributed by atoms with van der Waals surface area (Å²) in [4.78, 5) is 15.2. The van der Waals surface area contributed by atoms with Gasteiger partial charge in [0.2, 0.25) is 0 Å². The zero-order chi connectivity index (χ0) is 28.6. The largest absolute Gasteiger partial charge is 0.493 e. The number of anilines is 1. The first-order valence-corrected chi connectivity index (χ1v) is 16.6. The number of thioether (sulfide) groups is 1. The number of carbonyl (C=O) groups excluding carboxylic acids is 1. The summed E-state index contributed by atoms with van der Waals surface area (Å²) in [5.74, 6) is 1.82. The van der Waals surface area contributed by atoms with Crippen molar-refractivity contribution >= 4 is 40.3 Å². The average molecular weight is 646 g/mol. The fourth-order valence-corrected chi connectivity index (χ4v) is 5.77. The highest BCUT2D eigenvalue weighted by atomic mass is 79.9. The number of ether oxygens (including phenoxy) is 1. The molecule has 1 aliphatic heterocycles. The van der Waals surface area contributed by atoms with E-state index in [4.69, 9.17) is 4.74 Å². The summed E-state index contributed by atoms with van der Waals surface area (Å²) < 4.78 is 6.24. The molecule has 0 unspecified atom stereocenters. The molecule has 0 saturated carbocycles. The monoisotopic (exact) mass is 644 g/mol. The number of carbonyl (C=O) groups is 1. The minimum Gasteiger partial charge on any atom is -0.493 e. The van der Waals surface area contributed by atoms with Crippen molar-refractivity contribution in [3.63, 3.8) is 0 Å². The van der Waals surface area contributed by atoms with Gasteiger partial charge in [0.05, 0.1) is 12.5 Å². The number of nitrogens with one attached hydrogen (secondary N) is 1. The molecule has 0 spiro atoms. The van der Waals surface area contributed by atoms with E-state index in [9.17, 15) is 4.79 Å². The Morgan fingerprint density at radius 3 is 2.05 bits per heavy atom. The van der Waals surface area contributed by atoms with Crippen molar-refractivity contribution < 1.29 is 9.53 Å². The van der Waals surface area contributed by atoms with Gasteiger partial charge >= 0.3 is 0 Å². The topological polar surface area (TPSA) is 41.6 Å². The third kappa shape index (κ3) is 13.3. The van der Waals surface area contributed by atoms with Gasteiger partial charge in [0.15, 0.2) is 0 Å². The molecular formula is C35H53BrN2O2S. The first-order chi connectivity index (χ1) is 19.4. The summed E-state index contributed by atoms with van der Waals surface area (Å²) in [5, 5.41) is 5.20. The van der Waals surface area contributed by atoms with Gasteiger partial charge in [-0.2, -0.15) is 0 Å². The van der Waals surface area contributed by atoms with Crippen LogP contribution in [0.2, 0.25) is 0 Å². The van der Waals surface area contributed by atoms with Crippen LogP contribution >= 0.6 is 28.7 Å². The number of halogens is 1. The molecular weight excluding hydrogens is 592 g/mol. The van der Waals surface area contributed by atoms with E-state index in [-0.39, 0.29) is 28.3 Å². The first-order valence-electron chi connectivity index (χ1n) is 15.6. The quantitative estimate of drug-likeness (QED) is 0.164. The zero-order valence-corrected chi connectivity index (χ0v) is 28.4. The van der Waals surface area contributed by atoms with Crippen molar-refractivity contribution in [3.05, 3.63) is 70.8 Å². The van der Waals surface area contributed by atoms with Crippen molar-refractivity contribution in [3.8, 4) is 5.75 Å². The number of hydrogen-bond donors (Lipinski definition) is 1. The van der Waals surface area contributed by atoms with Crippen LogP contribution in [0, 0.1) is 0 Å². The second-order valence-corrected chi connectivity index (χ2v) is 13.0. The third-order valence-corrected chi connectivity index (χ3v) is 8.31. The van der Waals surface area contributed by atoms with Gasteiger partial charge in [-0.1, -0.05) is 110 Å². The standard InChI is InChI=1S/C35H52N2O2S.BrH/c1-5-6-7-8-9-10-11-12-13-14-15-16-24-39-33-22-21-31(26-32(33)35(2,3)4)36-34(38)30-19-17-29(18-20-30)27-37-23-25-40-28-37;/h17-23,25-26H,5-16,24,27-28H2,1-4H3,(H,36,38);1H. The molecule has 1 N–H and O–H groups in total. The SMILES string of the molecule is Br.CCCCCCCCCCCCCCOc1ccc(NC(=O)c2ccc(CN3C=CSC3)cc2)cc1C(C)(C)C. The molecule has 0 atom stereocenters. The van der Waals surface area contributed by atoms with E-state index in [0.717, 1.165) is 42.4 Å². The summed E-state index contributed by atoms with van der Waals surface area (Å²) in [6, 6.07) is 13.9. The minimum atomic E-state index is -0.0896. The Bertz CT molecular complexity index is 1050. The Kier molecular flexibility index (Phi) is 16.6. The summed E-state index contributed by atoms with van der Waals surface area (Å²) >= 11 is 1.80. The number of hydrogen-bond acceptors (Lipinski definition) is 4. The lowest BCUT2D eigenvalue weighted by Crippen LogP contribution is -2.17. The van der Waals surface area contributed by atoms with Crippen LogP contribution in [0.1, 0.15) is 126 Å². The van der Waals surface area contributed by atoms with Gasteiger partial charge in [-0.15, -0.1) is 28.7 Å². The lowest BCUT2D eigenvalue weighted by atomic mass is 9.86. The van der Waals surface area contributed by atoms with Crippen LogP contribution in [-0.4, -0.2) is 23.3 Å². The van der Waals surface area contributed by atoms with Crippen LogP contribution in [0.5, 0.6) is 5.75 Å². The summed E-state index contributed by atoms with van der Waals surface area (Å²) in [6.45, 7) is 10.5. The average Bonchev–Trinajstić information content (AvgIpc) is 3.45. The van der Waals surface area contributed by atoms with E-state index in [1.54, 1.807) is 11.8 Å². The fourth-order valence-electron chi connectivity index (χ4n) is 5.05. The normalized spacial score (nSPS) is 12.8. The van der Waals surface area contributed by atoms with Crippen LogP contribution in [0.15, 0.2) is 54.1 Å². The molecule has 0 saturated heterocycles. The zero-order valence-electron chi connectivity index (χ0n) is 25.9. The molecule has 228 valence electrons. The predicted molar refractivity (Wildman–Crippen MR) is 184 cm³/mol. The third-order valence-electron chi connectivity index (χ3n) is 7.51. The van der Waals surface area contributed by atoms with Crippen molar-refractivity contribution in [1.29, 1.82) is 0 Å². The Morgan fingerprint density at radius 2 is 1.49 bits per heavy atom. The number of rotatable bonds is 18. The molecule has 0 bridgehead atoms. The number of unbranched alkanes of at least 4 members (excludes halogenated alkanes) is 11. The molecule has 2 aromatic carbocycles. The van der Waals surface area contributed by atoms with E-state index in [0.29, 0.717) is 5.56 Å². The molecule has 0 aliphatic carbocycles. The number of benzene rings is 2. The van der Waals surface area contributed by atoms with Gasteiger partial charge in [0.25, 0.3) is 5.91 Å². The molecule has 3 rings (SSSR count). The van der Waals surface area contributed by atoms with Gasteiger partial charge < -0.3 is 15.0 Å². The number of nitrogens with zero attached hydrogens (tertiary/aromatic N) is 1. The fraction of sp³-hybridized carbons (Fsp3) is 0.571. The van der Waals surface area contributed by atoms with E-state index >= 15 is 0 Å². The van der Waals surface area contributed by atoms with Crippen LogP contribution in [-0.2, 0) is 12.0 Å². The van der Waals surface area contributed by atoms with E-state index < -0.39 is 0 Å². The first kappa shape index (κ1) is 35.3. The molecule has 0 aromatic heterocycles. The van der Waals surface area contributed by atoms with E-state index in [1.807, 2.05) is 36.4 Å². The molecule has 4 nitrogen and oxygen atoms in total. The maximum Gasteiger partial charge on any atom is 0.255 e. The molecule has 6 heteroatoms. The summed E-state index contributed by atoms with van der Waals surface area (Å²) in [7, 11) is 0. The highest BCUT2D eigenvalue weighted by Gasteiger charge is 2.20. The van der Waals surface area contributed by atoms with Crippen LogP contribution in [0.4, 0.5) is 5.69 Å². The van der Waals surface area contributed by atoms with Crippen molar-refractivity contribution in [2.24, 2.45) is 0 Å². The lowest BCUT2D eigenvalue weighted by Gasteiger charge is -2.24. The van der Waals surface area contributed by atoms with Crippen molar-refractivity contribution in [2.75, 3.05) is 17.8 Å². The smallest absolute Gasteiger partial charge is 0.255 e. The molecule has 41 heavy (non-hydrogen) atoms. The summed E-state index contributed by atoms with van der Waals surface area (Å²) in [6.07, 6.45) is 18.2. The lowest BCUT2D eigenvalue weighted by molar-refractivity contribution is 0.102. The Hall–Kier alpha value is -1.92. The Balaban J connectivity index is 0.00000588. The predicted octanol–water partition coefficient (Wildman–Crippen LogP) is 10.9. The highest BCUT2D eigenvalue weighted by Crippen LogP contribution is 2.34. The van der Waals surface area contributed by atoms with Crippen LogP contribution in [0.25, 0.3) is 0 Å². The minimum absolute atomic E-state index is 0. The molecule has 2 aromatic rings. The van der Waals surface area contributed by atoms with Crippen molar-refractivity contribution in [1.82, 2.24) is 4.90 Å². The highest BCUT2D eigenvalue weighted by molar-refractivity contribution is 8.93. The Morgan fingerprint density at radius 1 is 0.878 bits per heavy atom. The van der Waals surface area contributed by atoms with E-state index in [2.05, 4.69) is 55.6 Å². The second kappa shape index (κ2) is 19.3. The van der Waals surface area contributed by atoms with Crippen LogP contribution < -0.4 is 10.1 Å². The Labute approximate surface area is 264 Å². The second-order valence-electron chi connectivity index (χ2n) is 12.2. The maximum atomic E-state index is 13.0.